The van der Waals surface area contributed by atoms with Crippen molar-refractivity contribution in [3.8, 4) is 0 Å². The highest BCUT2D eigenvalue weighted by atomic mass is 19.2. The molecule has 2 rings (SSSR count). The van der Waals surface area contributed by atoms with Gasteiger partial charge in [-0.3, -0.25) is 0 Å². The van der Waals surface area contributed by atoms with Crippen LogP contribution in [0.3, 0.4) is 0 Å². The molecule has 20 heavy (non-hydrogen) atoms. The van der Waals surface area contributed by atoms with Crippen LogP contribution in [0.5, 0.6) is 0 Å². The van der Waals surface area contributed by atoms with Crippen LogP contribution in [0.4, 0.5) is 8.78 Å². The van der Waals surface area contributed by atoms with Crippen molar-refractivity contribution in [3.05, 3.63) is 35.4 Å². The molecule has 112 valence electrons. The van der Waals surface area contributed by atoms with E-state index in [1.54, 1.807) is 12.1 Å². The standard InChI is InChI=1S/C18H26F2/c1-12(2)13-8-10-14(11-9-13)18(3,4)15-6-5-7-16(19)17(15)20/h5-7,12-14H,8-11H2,1-4H3. The zero-order chi connectivity index (χ0) is 14.9. The average Bonchev–Trinajstić information content (AvgIpc) is 2.41. The topological polar surface area (TPSA) is 0 Å². The molecular weight excluding hydrogens is 254 g/mol. The average molecular weight is 280 g/mol. The summed E-state index contributed by atoms with van der Waals surface area (Å²) in [6.45, 7) is 8.68. The quantitative estimate of drug-likeness (QED) is 0.665. The van der Waals surface area contributed by atoms with E-state index in [4.69, 9.17) is 0 Å². The molecule has 1 saturated carbocycles. The minimum absolute atomic E-state index is 0.297. The summed E-state index contributed by atoms with van der Waals surface area (Å²) in [6, 6.07) is 4.56. The van der Waals surface area contributed by atoms with Crippen LogP contribution in [0, 0.1) is 29.4 Å². The van der Waals surface area contributed by atoms with Crippen molar-refractivity contribution < 1.29 is 8.78 Å². The fourth-order valence-electron chi connectivity index (χ4n) is 3.73. The molecule has 0 amide bonds. The van der Waals surface area contributed by atoms with Gasteiger partial charge in [0.1, 0.15) is 0 Å². The van der Waals surface area contributed by atoms with E-state index in [2.05, 4.69) is 27.7 Å². The minimum atomic E-state index is -0.730. The summed E-state index contributed by atoms with van der Waals surface area (Å²) < 4.78 is 27.6. The van der Waals surface area contributed by atoms with Gasteiger partial charge in [0.15, 0.2) is 11.6 Å². The third-order valence-electron chi connectivity index (χ3n) is 5.38. The van der Waals surface area contributed by atoms with Crippen molar-refractivity contribution in [1.82, 2.24) is 0 Å². The van der Waals surface area contributed by atoms with Crippen LogP contribution in [0.1, 0.15) is 58.9 Å². The summed E-state index contributed by atoms with van der Waals surface area (Å²) in [5.41, 5.74) is 0.235. The number of hydrogen-bond donors (Lipinski definition) is 0. The molecule has 0 saturated heterocycles. The highest BCUT2D eigenvalue weighted by Crippen LogP contribution is 2.44. The van der Waals surface area contributed by atoms with Gasteiger partial charge in [-0.1, -0.05) is 39.8 Å². The molecule has 0 nitrogen and oxygen atoms in total. The summed E-state index contributed by atoms with van der Waals surface area (Å²) in [5.74, 6) is 0.563. The Hall–Kier alpha value is -0.920. The Balaban J connectivity index is 2.17. The van der Waals surface area contributed by atoms with E-state index in [0.29, 0.717) is 11.5 Å². The fourth-order valence-corrected chi connectivity index (χ4v) is 3.73. The molecular formula is C18H26F2. The van der Waals surface area contributed by atoms with Gasteiger partial charge in [-0.2, -0.15) is 0 Å². The molecule has 1 aliphatic rings. The van der Waals surface area contributed by atoms with Crippen LogP contribution in [-0.2, 0) is 5.41 Å². The van der Waals surface area contributed by atoms with Gasteiger partial charge < -0.3 is 0 Å². The van der Waals surface area contributed by atoms with E-state index in [-0.39, 0.29) is 5.41 Å². The number of hydrogen-bond acceptors (Lipinski definition) is 0. The van der Waals surface area contributed by atoms with E-state index >= 15 is 0 Å². The Morgan fingerprint density at radius 1 is 1.05 bits per heavy atom. The molecule has 0 aromatic heterocycles. The van der Waals surface area contributed by atoms with Crippen LogP contribution in [0.2, 0.25) is 0 Å². The van der Waals surface area contributed by atoms with Gasteiger partial charge in [0.2, 0.25) is 0 Å². The van der Waals surface area contributed by atoms with E-state index in [9.17, 15) is 8.78 Å². The van der Waals surface area contributed by atoms with Crippen molar-refractivity contribution in [2.75, 3.05) is 0 Å². The van der Waals surface area contributed by atoms with Gasteiger partial charge in [-0.25, -0.2) is 8.78 Å². The molecule has 2 heteroatoms. The molecule has 1 aromatic carbocycles. The highest BCUT2D eigenvalue weighted by Gasteiger charge is 2.37. The molecule has 0 atom stereocenters. The van der Waals surface area contributed by atoms with Gasteiger partial charge in [0.05, 0.1) is 0 Å². The lowest BCUT2D eigenvalue weighted by Gasteiger charge is -2.40. The molecule has 1 fully saturated rings. The molecule has 0 aliphatic heterocycles. The first kappa shape index (κ1) is 15.5. The zero-order valence-corrected chi connectivity index (χ0v) is 13.0. The minimum Gasteiger partial charge on any atom is -0.204 e. The SMILES string of the molecule is CC(C)C1CCC(C(C)(C)c2cccc(F)c2F)CC1. The van der Waals surface area contributed by atoms with Gasteiger partial charge >= 0.3 is 0 Å². The maximum absolute atomic E-state index is 14.1. The van der Waals surface area contributed by atoms with Crippen LogP contribution in [-0.4, -0.2) is 0 Å². The molecule has 0 N–H and O–H groups in total. The third-order valence-corrected chi connectivity index (χ3v) is 5.38. The number of benzene rings is 1. The van der Waals surface area contributed by atoms with Crippen LogP contribution in [0.15, 0.2) is 18.2 Å². The van der Waals surface area contributed by atoms with Crippen molar-refractivity contribution in [2.45, 2.75) is 58.8 Å². The molecule has 1 aliphatic carbocycles. The lowest BCUT2D eigenvalue weighted by Crippen LogP contribution is -2.34. The summed E-state index contributed by atoms with van der Waals surface area (Å²) in [5, 5.41) is 0. The first-order valence-corrected chi connectivity index (χ1v) is 7.78. The van der Waals surface area contributed by atoms with Gasteiger partial charge in [-0.15, -0.1) is 0 Å². The van der Waals surface area contributed by atoms with E-state index in [1.807, 2.05) is 0 Å². The van der Waals surface area contributed by atoms with E-state index in [1.165, 1.54) is 18.9 Å². The summed E-state index contributed by atoms with van der Waals surface area (Å²) in [6.07, 6.45) is 4.66. The van der Waals surface area contributed by atoms with Crippen LogP contribution < -0.4 is 0 Å². The summed E-state index contributed by atoms with van der Waals surface area (Å²) in [4.78, 5) is 0. The first-order valence-electron chi connectivity index (χ1n) is 7.78. The smallest absolute Gasteiger partial charge is 0.162 e. The van der Waals surface area contributed by atoms with Crippen LogP contribution >= 0.6 is 0 Å². The van der Waals surface area contributed by atoms with E-state index in [0.717, 1.165) is 24.7 Å². The number of rotatable bonds is 3. The molecule has 0 bridgehead atoms. The summed E-state index contributed by atoms with van der Waals surface area (Å²) >= 11 is 0. The second kappa shape index (κ2) is 5.83. The Morgan fingerprint density at radius 3 is 2.20 bits per heavy atom. The second-order valence-electron chi connectivity index (χ2n) is 7.18. The molecule has 0 unspecified atom stereocenters. The maximum atomic E-state index is 14.1. The Morgan fingerprint density at radius 2 is 1.65 bits per heavy atom. The van der Waals surface area contributed by atoms with Crippen molar-refractivity contribution in [1.29, 1.82) is 0 Å². The Labute approximate surface area is 121 Å². The largest absolute Gasteiger partial charge is 0.204 e. The maximum Gasteiger partial charge on any atom is 0.162 e. The predicted molar refractivity (Wildman–Crippen MR) is 79.7 cm³/mol. The van der Waals surface area contributed by atoms with Gasteiger partial charge in [0, 0.05) is 0 Å². The Kier molecular flexibility index (Phi) is 4.51. The molecule has 0 heterocycles. The lowest BCUT2D eigenvalue weighted by molar-refractivity contribution is 0.164. The normalized spacial score (nSPS) is 24.1. The molecule has 1 aromatic rings. The second-order valence-corrected chi connectivity index (χ2v) is 7.18. The van der Waals surface area contributed by atoms with Gasteiger partial charge in [-0.05, 0) is 60.5 Å². The van der Waals surface area contributed by atoms with E-state index < -0.39 is 11.6 Å². The molecule has 0 radical (unpaired) electrons. The molecule has 0 spiro atoms. The van der Waals surface area contributed by atoms with Crippen molar-refractivity contribution in [3.63, 3.8) is 0 Å². The zero-order valence-electron chi connectivity index (χ0n) is 13.0. The summed E-state index contributed by atoms with van der Waals surface area (Å²) in [7, 11) is 0. The van der Waals surface area contributed by atoms with Crippen molar-refractivity contribution in [2.24, 2.45) is 17.8 Å². The Bertz CT molecular complexity index is 454. The first-order chi connectivity index (χ1) is 9.34. The van der Waals surface area contributed by atoms with Crippen molar-refractivity contribution >= 4 is 0 Å². The third kappa shape index (κ3) is 2.89. The monoisotopic (exact) mass is 280 g/mol. The predicted octanol–water partition coefficient (Wildman–Crippen LogP) is 5.70. The lowest BCUT2D eigenvalue weighted by atomic mass is 9.64. The fraction of sp³-hybridized carbons (Fsp3) is 0.667. The number of halogens is 2. The highest BCUT2D eigenvalue weighted by molar-refractivity contribution is 5.27. The van der Waals surface area contributed by atoms with Crippen LogP contribution in [0.25, 0.3) is 0 Å². The van der Waals surface area contributed by atoms with Gasteiger partial charge in [0.25, 0.3) is 0 Å².